The van der Waals surface area contributed by atoms with Crippen molar-refractivity contribution in [2.45, 2.75) is 104 Å². The zero-order valence-corrected chi connectivity index (χ0v) is 20.2. The summed E-state index contributed by atoms with van der Waals surface area (Å²) in [7, 11) is 0. The van der Waals surface area contributed by atoms with Gasteiger partial charge in [-0.25, -0.2) is 4.79 Å². The van der Waals surface area contributed by atoms with Crippen LogP contribution in [0.4, 0.5) is 5.69 Å². The van der Waals surface area contributed by atoms with E-state index >= 15 is 0 Å². The first-order chi connectivity index (χ1) is 14.0. The topological polar surface area (TPSA) is 77.8 Å². The maximum atomic E-state index is 13.8. The number of carbonyl (C=O) groups is 2. The van der Waals surface area contributed by atoms with Gasteiger partial charge in [0, 0.05) is 16.8 Å². The lowest BCUT2D eigenvalue weighted by Crippen LogP contribution is -2.45. The van der Waals surface area contributed by atoms with E-state index in [1.54, 1.807) is 11.8 Å². The lowest BCUT2D eigenvalue weighted by molar-refractivity contribution is -0.124. The van der Waals surface area contributed by atoms with Crippen LogP contribution in [0.25, 0.3) is 0 Å². The summed E-state index contributed by atoms with van der Waals surface area (Å²) in [6.07, 6.45) is 5.32. The molecule has 1 aliphatic carbocycles. The van der Waals surface area contributed by atoms with Gasteiger partial charge in [0.15, 0.2) is 0 Å². The molecule has 0 spiro atoms. The highest BCUT2D eigenvalue weighted by atomic mass is 32.1. The fourth-order valence-electron chi connectivity index (χ4n) is 4.23. The maximum Gasteiger partial charge on any atom is 0.348 e. The molecule has 1 saturated carbocycles. The molecular formula is C24H39NO4S. The molecule has 1 aromatic rings. The van der Waals surface area contributed by atoms with Crippen molar-refractivity contribution in [3.63, 3.8) is 0 Å². The summed E-state index contributed by atoms with van der Waals surface area (Å²) in [5.41, 5.74) is 0.349. The number of carboxylic acid groups (broad SMARTS) is 1. The van der Waals surface area contributed by atoms with Gasteiger partial charge in [-0.15, -0.1) is 11.3 Å². The molecule has 1 aromatic heterocycles. The summed E-state index contributed by atoms with van der Waals surface area (Å²) >= 11 is 1.28. The van der Waals surface area contributed by atoms with Crippen molar-refractivity contribution in [1.82, 2.24) is 0 Å². The van der Waals surface area contributed by atoms with E-state index in [2.05, 4.69) is 27.7 Å². The number of hydrogen-bond acceptors (Lipinski definition) is 4. The summed E-state index contributed by atoms with van der Waals surface area (Å²) in [6, 6.07) is 1.80. The molecule has 2 N–H and O–H groups in total. The van der Waals surface area contributed by atoms with E-state index in [0.717, 1.165) is 37.0 Å². The van der Waals surface area contributed by atoms with Gasteiger partial charge in [0.1, 0.15) is 4.88 Å². The molecule has 1 amide bonds. The lowest BCUT2D eigenvalue weighted by atomic mass is 9.82. The van der Waals surface area contributed by atoms with Gasteiger partial charge in [-0.1, -0.05) is 34.6 Å². The van der Waals surface area contributed by atoms with Gasteiger partial charge in [0.2, 0.25) is 5.91 Å². The molecule has 170 valence electrons. The molecule has 1 heterocycles. The third-order valence-electron chi connectivity index (χ3n) is 6.26. The van der Waals surface area contributed by atoms with Gasteiger partial charge in [-0.2, -0.15) is 0 Å². The molecule has 1 fully saturated rings. The number of aromatic carboxylic acids is 1. The number of carboxylic acids is 1. The molecule has 1 aliphatic rings. The van der Waals surface area contributed by atoms with Crippen LogP contribution in [-0.2, 0) is 10.2 Å². The molecule has 5 nitrogen and oxygen atoms in total. The van der Waals surface area contributed by atoms with Crippen molar-refractivity contribution in [3.8, 4) is 0 Å². The first kappa shape index (κ1) is 24.9. The Morgan fingerprint density at radius 3 is 2.27 bits per heavy atom. The van der Waals surface area contributed by atoms with E-state index in [0.29, 0.717) is 24.4 Å². The lowest BCUT2D eigenvalue weighted by Gasteiger charge is -2.36. The van der Waals surface area contributed by atoms with Crippen LogP contribution in [0.3, 0.4) is 0 Å². The minimum absolute atomic E-state index is 0.0542. The van der Waals surface area contributed by atoms with Crippen molar-refractivity contribution in [2.24, 2.45) is 11.8 Å². The zero-order valence-electron chi connectivity index (χ0n) is 19.4. The molecule has 0 unspecified atom stereocenters. The number of thiophene rings is 1. The monoisotopic (exact) mass is 437 g/mol. The van der Waals surface area contributed by atoms with Crippen molar-refractivity contribution >= 4 is 28.9 Å². The number of rotatable bonds is 8. The van der Waals surface area contributed by atoms with Crippen molar-refractivity contribution in [2.75, 3.05) is 4.90 Å². The molecular weight excluding hydrogens is 398 g/mol. The highest BCUT2D eigenvalue weighted by Crippen LogP contribution is 2.40. The Bertz CT molecular complexity index is 726. The van der Waals surface area contributed by atoms with Gasteiger partial charge >= 0.3 is 5.97 Å². The minimum atomic E-state index is -0.981. The molecule has 0 aromatic carbocycles. The summed E-state index contributed by atoms with van der Waals surface area (Å²) < 4.78 is 0. The zero-order chi connectivity index (χ0) is 22.6. The Morgan fingerprint density at radius 1 is 1.20 bits per heavy atom. The van der Waals surface area contributed by atoms with Crippen molar-refractivity contribution < 1.29 is 19.8 Å². The van der Waals surface area contributed by atoms with Gasteiger partial charge in [0.05, 0.1) is 11.8 Å². The Labute approximate surface area is 185 Å². The van der Waals surface area contributed by atoms with Crippen LogP contribution in [0.5, 0.6) is 0 Å². The Balaban J connectivity index is 2.50. The van der Waals surface area contributed by atoms with E-state index in [1.165, 1.54) is 11.3 Å². The number of aliphatic hydroxyl groups excluding tert-OH is 1. The smallest absolute Gasteiger partial charge is 0.348 e. The highest BCUT2D eigenvalue weighted by molar-refractivity contribution is 7.14. The first-order valence-corrected chi connectivity index (χ1v) is 12.2. The van der Waals surface area contributed by atoms with Gasteiger partial charge in [-0.3, -0.25) is 4.79 Å². The quantitative estimate of drug-likeness (QED) is 0.535. The number of aliphatic hydroxyl groups is 1. The van der Waals surface area contributed by atoms with Crippen LogP contribution in [-0.4, -0.2) is 34.2 Å². The average molecular weight is 438 g/mol. The summed E-state index contributed by atoms with van der Waals surface area (Å²) in [4.78, 5) is 28.9. The second-order valence-corrected chi connectivity index (χ2v) is 11.1. The Morgan fingerprint density at radius 2 is 1.80 bits per heavy atom. The van der Waals surface area contributed by atoms with Crippen LogP contribution in [0.1, 0.15) is 101 Å². The third-order valence-corrected chi connectivity index (χ3v) is 7.80. The average Bonchev–Trinajstić information content (AvgIpc) is 3.10. The Kier molecular flexibility index (Phi) is 8.51. The standard InChI is InChI=1S/C24H39NO4S/c1-7-18(13-10-16(3)26)25(22(27)17-11-8-15(2)9-12-17)19-14-20(24(4,5)6)30-21(19)23(28)29/h14-18,26H,7-13H2,1-6H3,(H,28,29)/t15-,16-,17-,18-/m1/s1. The number of anilines is 1. The van der Waals surface area contributed by atoms with Gasteiger partial charge in [-0.05, 0) is 69.3 Å². The van der Waals surface area contributed by atoms with Crippen LogP contribution in [0.2, 0.25) is 0 Å². The molecule has 0 bridgehead atoms. The minimum Gasteiger partial charge on any atom is -0.477 e. The fraction of sp³-hybridized carbons (Fsp3) is 0.750. The molecule has 0 radical (unpaired) electrons. The van der Waals surface area contributed by atoms with E-state index in [4.69, 9.17) is 0 Å². The van der Waals surface area contributed by atoms with Crippen LogP contribution < -0.4 is 4.90 Å². The maximum absolute atomic E-state index is 13.8. The normalized spacial score (nSPS) is 21.8. The van der Waals surface area contributed by atoms with Crippen LogP contribution >= 0.6 is 11.3 Å². The summed E-state index contributed by atoms with van der Waals surface area (Å²) in [6.45, 7) is 12.2. The molecule has 2 atom stereocenters. The molecule has 0 aliphatic heterocycles. The molecule has 0 saturated heterocycles. The second kappa shape index (κ2) is 10.3. The largest absolute Gasteiger partial charge is 0.477 e. The number of carbonyl (C=O) groups excluding carboxylic acids is 1. The predicted octanol–water partition coefficient (Wildman–Crippen LogP) is 5.84. The van der Waals surface area contributed by atoms with Crippen LogP contribution in [0.15, 0.2) is 6.07 Å². The summed E-state index contributed by atoms with van der Waals surface area (Å²) in [5, 5.41) is 19.7. The van der Waals surface area contributed by atoms with Crippen molar-refractivity contribution in [1.29, 1.82) is 0 Å². The SMILES string of the molecule is CC[C@H](CC[C@@H](C)O)N(c1cc(C(C)(C)C)sc1C(=O)O)C(=O)[C@H]1CC[C@H](C)CC1. The van der Waals surface area contributed by atoms with Crippen LogP contribution in [0, 0.1) is 11.8 Å². The van der Waals surface area contributed by atoms with Crippen molar-refractivity contribution in [3.05, 3.63) is 15.8 Å². The Hall–Kier alpha value is -1.40. The fourth-order valence-corrected chi connectivity index (χ4v) is 5.28. The highest BCUT2D eigenvalue weighted by Gasteiger charge is 2.36. The number of nitrogens with zero attached hydrogens (tertiary/aromatic N) is 1. The molecule has 2 rings (SSSR count). The third kappa shape index (κ3) is 6.07. The number of hydrogen-bond donors (Lipinski definition) is 2. The summed E-state index contributed by atoms with van der Waals surface area (Å²) in [5.74, 6) is -0.338. The van der Waals surface area contributed by atoms with Gasteiger partial charge < -0.3 is 15.1 Å². The van der Waals surface area contributed by atoms with E-state index in [1.807, 2.05) is 13.0 Å². The first-order valence-electron chi connectivity index (χ1n) is 11.3. The molecule has 30 heavy (non-hydrogen) atoms. The predicted molar refractivity (Wildman–Crippen MR) is 124 cm³/mol. The van der Waals surface area contributed by atoms with E-state index in [9.17, 15) is 19.8 Å². The molecule has 6 heteroatoms. The van der Waals surface area contributed by atoms with E-state index in [-0.39, 0.29) is 28.2 Å². The van der Waals surface area contributed by atoms with Gasteiger partial charge in [0.25, 0.3) is 0 Å². The number of amides is 1. The van der Waals surface area contributed by atoms with E-state index < -0.39 is 12.1 Å². The second-order valence-electron chi connectivity index (χ2n) is 10.0.